The Morgan fingerprint density at radius 3 is 2.18 bits per heavy atom. The smallest absolute Gasteiger partial charge is 0.0558 e. The minimum atomic E-state index is -0.00764. The van der Waals surface area contributed by atoms with Crippen LogP contribution in [0.1, 0.15) is 37.8 Å². The fourth-order valence-corrected chi connectivity index (χ4v) is 7.87. The number of para-hydroxylation sites is 2. The van der Waals surface area contributed by atoms with Crippen molar-refractivity contribution in [1.29, 1.82) is 0 Å². The van der Waals surface area contributed by atoms with Crippen LogP contribution in [0.4, 0.5) is 17.1 Å². The van der Waals surface area contributed by atoms with Crippen LogP contribution in [0.2, 0.25) is 0 Å². The molecule has 7 aromatic rings. The number of hydrogen-bond acceptors (Lipinski definition) is 1. The number of aromatic nitrogens is 1. The monoisotopic (exact) mass is 578 g/mol. The molecule has 0 bridgehead atoms. The standard InChI is InChI=1S/C43H34N2/c1-43(2)38-19-11-9-18-37(38)42-34-24-22-32(27-29(34)21-26-39(42)43)44(30-13-5-3-6-14-30)33-23-25-36-35-17-10-12-20-40(35)45(41(36)28-33)31-15-7-4-8-16-31/h3-7,9-15,17-28H,8,16H2,1-2H3. The molecule has 2 aliphatic rings. The molecule has 1 heterocycles. The van der Waals surface area contributed by atoms with Crippen molar-refractivity contribution in [1.82, 2.24) is 4.57 Å². The first kappa shape index (κ1) is 26.1. The molecule has 0 aliphatic heterocycles. The van der Waals surface area contributed by atoms with E-state index in [1.165, 1.54) is 60.5 Å². The van der Waals surface area contributed by atoms with Gasteiger partial charge in [-0.1, -0.05) is 111 Å². The predicted molar refractivity (Wildman–Crippen MR) is 192 cm³/mol. The molecule has 0 spiro atoms. The van der Waals surface area contributed by atoms with Crippen molar-refractivity contribution < 1.29 is 0 Å². The fourth-order valence-electron chi connectivity index (χ4n) is 7.87. The number of nitrogens with zero attached hydrogens (tertiary/aromatic N) is 2. The lowest BCUT2D eigenvalue weighted by Gasteiger charge is -2.26. The summed E-state index contributed by atoms with van der Waals surface area (Å²) in [6.07, 6.45) is 8.84. The zero-order chi connectivity index (χ0) is 30.1. The van der Waals surface area contributed by atoms with E-state index in [1.54, 1.807) is 0 Å². The highest BCUT2D eigenvalue weighted by Gasteiger charge is 2.36. The zero-order valence-electron chi connectivity index (χ0n) is 25.7. The van der Waals surface area contributed by atoms with Gasteiger partial charge in [-0.15, -0.1) is 0 Å². The highest BCUT2D eigenvalue weighted by atomic mass is 15.1. The van der Waals surface area contributed by atoms with Crippen LogP contribution in [0.5, 0.6) is 0 Å². The van der Waals surface area contributed by atoms with Gasteiger partial charge in [0, 0.05) is 38.9 Å². The summed E-state index contributed by atoms with van der Waals surface area (Å²) in [7, 11) is 0. The second kappa shape index (κ2) is 9.84. The second-order valence-corrected chi connectivity index (χ2v) is 12.9. The van der Waals surface area contributed by atoms with E-state index in [4.69, 9.17) is 0 Å². The summed E-state index contributed by atoms with van der Waals surface area (Å²) in [5, 5.41) is 5.15. The molecule has 0 saturated heterocycles. The predicted octanol–water partition coefficient (Wildman–Crippen LogP) is 11.9. The Kier molecular flexibility index (Phi) is 5.70. The molecule has 2 nitrogen and oxygen atoms in total. The van der Waals surface area contributed by atoms with Gasteiger partial charge < -0.3 is 9.47 Å². The van der Waals surface area contributed by atoms with Crippen molar-refractivity contribution in [3.05, 3.63) is 157 Å². The van der Waals surface area contributed by atoms with Crippen molar-refractivity contribution in [3.63, 3.8) is 0 Å². The van der Waals surface area contributed by atoms with Crippen molar-refractivity contribution >= 4 is 55.3 Å². The molecule has 216 valence electrons. The molecule has 45 heavy (non-hydrogen) atoms. The maximum Gasteiger partial charge on any atom is 0.0558 e. The molecule has 0 saturated carbocycles. The highest BCUT2D eigenvalue weighted by molar-refractivity contribution is 6.11. The zero-order valence-corrected chi connectivity index (χ0v) is 25.7. The minimum Gasteiger partial charge on any atom is -0.313 e. The van der Waals surface area contributed by atoms with E-state index in [1.807, 2.05) is 0 Å². The molecular weight excluding hydrogens is 544 g/mol. The van der Waals surface area contributed by atoms with Crippen molar-refractivity contribution in [3.8, 4) is 11.1 Å². The van der Waals surface area contributed by atoms with E-state index in [2.05, 4.69) is 169 Å². The van der Waals surface area contributed by atoms with Crippen LogP contribution in [0, 0.1) is 0 Å². The number of anilines is 3. The van der Waals surface area contributed by atoms with E-state index in [9.17, 15) is 0 Å². The third-order valence-corrected chi connectivity index (χ3v) is 10.0. The van der Waals surface area contributed by atoms with Gasteiger partial charge in [0.1, 0.15) is 0 Å². The molecule has 0 amide bonds. The molecular formula is C43H34N2. The van der Waals surface area contributed by atoms with E-state index in [-0.39, 0.29) is 5.41 Å². The van der Waals surface area contributed by atoms with Gasteiger partial charge in [0.05, 0.1) is 11.0 Å². The lowest BCUT2D eigenvalue weighted by Crippen LogP contribution is -2.14. The minimum absolute atomic E-state index is 0.00764. The Labute approximate surface area is 264 Å². The van der Waals surface area contributed by atoms with Gasteiger partial charge in [0.15, 0.2) is 0 Å². The van der Waals surface area contributed by atoms with Crippen LogP contribution < -0.4 is 4.90 Å². The van der Waals surface area contributed by atoms with Gasteiger partial charge >= 0.3 is 0 Å². The van der Waals surface area contributed by atoms with E-state index < -0.39 is 0 Å². The van der Waals surface area contributed by atoms with E-state index >= 15 is 0 Å². The van der Waals surface area contributed by atoms with Crippen LogP contribution >= 0.6 is 0 Å². The normalized spacial score (nSPS) is 14.9. The molecule has 9 rings (SSSR count). The van der Waals surface area contributed by atoms with Gasteiger partial charge in [-0.05, 0) is 94.4 Å². The SMILES string of the molecule is CC1(C)c2ccccc2-c2c1ccc1cc(N(c3ccccc3)c3ccc4c5ccccc5n(C5=CC=CCC5)c4c3)ccc21. The van der Waals surface area contributed by atoms with Crippen LogP contribution in [0.15, 0.2) is 146 Å². The first-order valence-corrected chi connectivity index (χ1v) is 16.0. The molecule has 0 atom stereocenters. The third kappa shape index (κ3) is 3.88. The van der Waals surface area contributed by atoms with Crippen LogP contribution in [-0.4, -0.2) is 4.57 Å². The quantitative estimate of drug-likeness (QED) is 0.202. The molecule has 0 radical (unpaired) electrons. The van der Waals surface area contributed by atoms with Gasteiger partial charge in [0.25, 0.3) is 0 Å². The lowest BCUT2D eigenvalue weighted by molar-refractivity contribution is 0.661. The summed E-state index contributed by atoms with van der Waals surface area (Å²) in [5.74, 6) is 0. The molecule has 2 aliphatic carbocycles. The average Bonchev–Trinajstić information content (AvgIpc) is 3.54. The number of hydrogen-bond donors (Lipinski definition) is 0. The number of benzene rings is 6. The molecule has 0 unspecified atom stereocenters. The Hall–Kier alpha value is -5.34. The van der Waals surface area contributed by atoms with Gasteiger partial charge in [-0.25, -0.2) is 0 Å². The number of rotatable bonds is 4. The second-order valence-electron chi connectivity index (χ2n) is 12.9. The van der Waals surface area contributed by atoms with E-state index in [0.717, 1.165) is 29.9 Å². The van der Waals surface area contributed by atoms with Crippen LogP contribution in [0.3, 0.4) is 0 Å². The molecule has 0 fully saturated rings. The molecule has 1 aromatic heterocycles. The lowest BCUT2D eigenvalue weighted by atomic mass is 9.82. The summed E-state index contributed by atoms with van der Waals surface area (Å²) < 4.78 is 2.48. The number of fused-ring (bicyclic) bond motifs is 8. The average molecular weight is 579 g/mol. The summed E-state index contributed by atoms with van der Waals surface area (Å²) in [4.78, 5) is 2.40. The molecule has 2 heteroatoms. The Morgan fingerprint density at radius 2 is 1.33 bits per heavy atom. The van der Waals surface area contributed by atoms with E-state index in [0.29, 0.717) is 0 Å². The number of allylic oxidation sites excluding steroid dienone is 4. The highest BCUT2D eigenvalue weighted by Crippen LogP contribution is 2.51. The maximum absolute atomic E-state index is 2.48. The summed E-state index contributed by atoms with van der Waals surface area (Å²) in [6, 6.07) is 47.2. The first-order chi connectivity index (χ1) is 22.1. The molecule has 6 aromatic carbocycles. The largest absolute Gasteiger partial charge is 0.313 e. The van der Waals surface area contributed by atoms with Gasteiger partial charge in [-0.2, -0.15) is 0 Å². The van der Waals surface area contributed by atoms with Crippen molar-refractivity contribution in [2.75, 3.05) is 4.90 Å². The summed E-state index contributed by atoms with van der Waals surface area (Å²) in [6.45, 7) is 4.70. The van der Waals surface area contributed by atoms with Crippen molar-refractivity contribution in [2.24, 2.45) is 0 Å². The van der Waals surface area contributed by atoms with Crippen LogP contribution in [0.25, 0.3) is 49.4 Å². The first-order valence-electron chi connectivity index (χ1n) is 16.0. The van der Waals surface area contributed by atoms with Crippen molar-refractivity contribution in [2.45, 2.75) is 32.1 Å². The summed E-state index contributed by atoms with van der Waals surface area (Å²) >= 11 is 0. The molecule has 0 N–H and O–H groups in total. The fraction of sp³-hybridized carbons (Fsp3) is 0.116. The Bertz CT molecular complexity index is 2350. The topological polar surface area (TPSA) is 8.17 Å². The van der Waals surface area contributed by atoms with Gasteiger partial charge in [-0.3, -0.25) is 0 Å². The Balaban J connectivity index is 1.26. The maximum atomic E-state index is 2.48. The van der Waals surface area contributed by atoms with Crippen LogP contribution in [-0.2, 0) is 5.41 Å². The Morgan fingerprint density at radius 1 is 0.600 bits per heavy atom. The third-order valence-electron chi connectivity index (χ3n) is 10.0. The summed E-state index contributed by atoms with van der Waals surface area (Å²) in [5.41, 5.74) is 12.9. The van der Waals surface area contributed by atoms with Gasteiger partial charge in [0.2, 0.25) is 0 Å².